The first-order chi connectivity index (χ1) is 12.1. The van der Waals surface area contributed by atoms with Gasteiger partial charge in [0.1, 0.15) is 5.69 Å². The topological polar surface area (TPSA) is 69.3 Å². The van der Waals surface area contributed by atoms with Gasteiger partial charge < -0.3 is 9.80 Å². The van der Waals surface area contributed by atoms with Gasteiger partial charge in [0.2, 0.25) is 5.91 Å². The predicted octanol–water partition coefficient (Wildman–Crippen LogP) is 2.38. The van der Waals surface area contributed by atoms with E-state index in [1.54, 1.807) is 4.90 Å². The van der Waals surface area contributed by atoms with Crippen molar-refractivity contribution in [3.8, 4) is 0 Å². The zero-order chi connectivity index (χ0) is 17.8. The second-order valence-electron chi connectivity index (χ2n) is 6.46. The minimum Gasteiger partial charge on any atom is -0.341 e. The molecule has 1 aromatic heterocycles. The van der Waals surface area contributed by atoms with E-state index in [0.29, 0.717) is 32.6 Å². The molecule has 0 saturated carbocycles. The summed E-state index contributed by atoms with van der Waals surface area (Å²) >= 11 is 0. The smallest absolute Gasteiger partial charge is 0.279 e. The molecule has 6 nitrogen and oxygen atoms in total. The lowest BCUT2D eigenvalue weighted by molar-refractivity contribution is -0.135. The molecule has 1 unspecified atom stereocenters. The summed E-state index contributed by atoms with van der Waals surface area (Å²) in [4.78, 5) is 28.5. The molecule has 1 N–H and O–H groups in total. The highest BCUT2D eigenvalue weighted by Gasteiger charge is 2.28. The average molecular weight is 352 g/mol. The minimum absolute atomic E-state index is 0.00695. The fourth-order valence-electron chi connectivity index (χ4n) is 3.34. The van der Waals surface area contributed by atoms with E-state index >= 15 is 0 Å². The molecule has 8 heteroatoms. The Labute approximate surface area is 144 Å². The maximum atomic E-state index is 12.6. The first-order valence-corrected chi connectivity index (χ1v) is 8.63. The molecule has 25 heavy (non-hydrogen) atoms. The molecule has 0 spiro atoms. The molecular weight excluding hydrogens is 330 g/mol. The normalized spacial score (nSPS) is 21.5. The monoisotopic (exact) mass is 352 g/mol. The van der Waals surface area contributed by atoms with Crippen LogP contribution < -0.4 is 0 Å². The Hall–Kier alpha value is -2.25. The highest BCUT2D eigenvalue weighted by atomic mass is 19.3. The highest BCUT2D eigenvalue weighted by Crippen LogP contribution is 2.22. The van der Waals surface area contributed by atoms with E-state index in [4.69, 9.17) is 0 Å². The maximum Gasteiger partial charge on any atom is 0.279 e. The van der Waals surface area contributed by atoms with Crippen LogP contribution >= 0.6 is 0 Å². The third kappa shape index (κ3) is 4.05. The Morgan fingerprint density at radius 1 is 1.16 bits per heavy atom. The highest BCUT2D eigenvalue weighted by molar-refractivity contribution is 5.92. The zero-order valence-electron chi connectivity index (χ0n) is 14.0. The predicted molar refractivity (Wildman–Crippen MR) is 87.1 cm³/mol. The number of hydrogen-bond donors (Lipinski definition) is 1. The Morgan fingerprint density at radius 3 is 2.60 bits per heavy atom. The molecule has 0 radical (unpaired) electrons. The molecule has 2 heterocycles. The molecule has 0 aromatic carbocycles. The van der Waals surface area contributed by atoms with Gasteiger partial charge in [0.05, 0.1) is 0 Å². The van der Waals surface area contributed by atoms with Crippen molar-refractivity contribution in [2.75, 3.05) is 26.2 Å². The van der Waals surface area contributed by atoms with Gasteiger partial charge in [-0.1, -0.05) is 12.2 Å². The van der Waals surface area contributed by atoms with Crippen LogP contribution in [-0.4, -0.2) is 58.0 Å². The second kappa shape index (κ2) is 7.76. The number of halogens is 2. The summed E-state index contributed by atoms with van der Waals surface area (Å²) in [5.41, 5.74) is -0.368. The van der Waals surface area contributed by atoms with Crippen LogP contribution in [0, 0.1) is 5.92 Å². The van der Waals surface area contributed by atoms with Crippen LogP contribution in [0.4, 0.5) is 8.78 Å². The molecule has 1 aliphatic carbocycles. The largest absolute Gasteiger partial charge is 0.341 e. The number of amides is 2. The molecule has 3 rings (SSSR count). The Bertz CT molecular complexity index is 659. The van der Waals surface area contributed by atoms with Crippen molar-refractivity contribution < 1.29 is 18.4 Å². The van der Waals surface area contributed by atoms with E-state index in [1.165, 1.54) is 0 Å². The van der Waals surface area contributed by atoms with Crippen molar-refractivity contribution in [3.63, 3.8) is 0 Å². The lowest BCUT2D eigenvalue weighted by Gasteiger charge is -2.27. The number of nitrogens with zero attached hydrogens (tertiary/aromatic N) is 3. The fraction of sp³-hybridized carbons (Fsp3) is 0.588. The molecule has 1 saturated heterocycles. The molecule has 0 bridgehead atoms. The summed E-state index contributed by atoms with van der Waals surface area (Å²) in [6.45, 7) is 1.97. The molecular formula is C17H22F2N4O2. The Balaban J connectivity index is 1.59. The molecule has 1 fully saturated rings. The zero-order valence-corrected chi connectivity index (χ0v) is 14.0. The van der Waals surface area contributed by atoms with Gasteiger partial charge in [0.25, 0.3) is 12.3 Å². The van der Waals surface area contributed by atoms with Crippen molar-refractivity contribution in [2.45, 2.75) is 32.1 Å². The van der Waals surface area contributed by atoms with Gasteiger partial charge in [-0.15, -0.1) is 0 Å². The fourth-order valence-corrected chi connectivity index (χ4v) is 3.34. The minimum atomic E-state index is -2.68. The van der Waals surface area contributed by atoms with Crippen LogP contribution in [0.2, 0.25) is 0 Å². The number of alkyl halides is 2. The van der Waals surface area contributed by atoms with Crippen molar-refractivity contribution in [2.24, 2.45) is 5.92 Å². The Kier molecular flexibility index (Phi) is 5.45. The van der Waals surface area contributed by atoms with E-state index in [9.17, 15) is 18.4 Å². The van der Waals surface area contributed by atoms with E-state index in [2.05, 4.69) is 22.3 Å². The number of aromatic amines is 1. The van der Waals surface area contributed by atoms with Crippen LogP contribution in [0.5, 0.6) is 0 Å². The van der Waals surface area contributed by atoms with Crippen molar-refractivity contribution in [3.05, 3.63) is 29.6 Å². The number of rotatable bonds is 3. The summed E-state index contributed by atoms with van der Waals surface area (Å²) in [6, 6.07) is 1.09. The second-order valence-corrected chi connectivity index (χ2v) is 6.46. The molecule has 2 amide bonds. The number of allylic oxidation sites excluding steroid dienone is 2. The van der Waals surface area contributed by atoms with Crippen LogP contribution in [0.3, 0.4) is 0 Å². The standard InChI is InChI=1S/C17H22F2N4O2/c18-15(19)13-11-14(21-20-13)17(25)23-8-4-7-22(9-10-23)16(24)12-5-2-1-3-6-12/h1-2,11-12,15H,3-10H2,(H,20,21). The number of carbonyl (C=O) groups is 2. The van der Waals surface area contributed by atoms with Crippen molar-refractivity contribution >= 4 is 11.8 Å². The average Bonchev–Trinajstić information content (AvgIpc) is 3.00. The third-order valence-electron chi connectivity index (χ3n) is 4.76. The number of aromatic nitrogens is 2. The molecule has 2 aliphatic rings. The van der Waals surface area contributed by atoms with Gasteiger partial charge in [0.15, 0.2) is 5.69 Å². The maximum absolute atomic E-state index is 12.6. The van der Waals surface area contributed by atoms with E-state index in [-0.39, 0.29) is 29.1 Å². The molecule has 1 aliphatic heterocycles. The van der Waals surface area contributed by atoms with Crippen LogP contribution in [0.25, 0.3) is 0 Å². The summed E-state index contributed by atoms with van der Waals surface area (Å²) in [7, 11) is 0. The molecule has 1 atom stereocenters. The van der Waals surface area contributed by atoms with E-state index < -0.39 is 6.43 Å². The van der Waals surface area contributed by atoms with Crippen LogP contribution in [0.15, 0.2) is 18.2 Å². The van der Waals surface area contributed by atoms with E-state index in [1.807, 2.05) is 4.90 Å². The lowest BCUT2D eigenvalue weighted by atomic mass is 9.93. The number of nitrogens with one attached hydrogen (secondary N) is 1. The molecule has 136 valence electrons. The third-order valence-corrected chi connectivity index (χ3v) is 4.76. The van der Waals surface area contributed by atoms with Gasteiger partial charge in [0, 0.05) is 32.1 Å². The molecule has 1 aromatic rings. The van der Waals surface area contributed by atoms with Crippen molar-refractivity contribution in [1.29, 1.82) is 0 Å². The van der Waals surface area contributed by atoms with Gasteiger partial charge in [-0.2, -0.15) is 5.10 Å². The van der Waals surface area contributed by atoms with Crippen LogP contribution in [-0.2, 0) is 4.79 Å². The number of carbonyl (C=O) groups excluding carboxylic acids is 2. The first-order valence-electron chi connectivity index (χ1n) is 8.63. The summed E-state index contributed by atoms with van der Waals surface area (Å²) in [5.74, 6) is -0.191. The van der Waals surface area contributed by atoms with Gasteiger partial charge >= 0.3 is 0 Å². The number of H-pyrrole nitrogens is 1. The summed E-state index contributed by atoms with van der Waals surface area (Å²) in [6.07, 6.45) is 4.73. The lowest BCUT2D eigenvalue weighted by Crippen LogP contribution is -2.40. The van der Waals surface area contributed by atoms with Crippen LogP contribution in [0.1, 0.15) is 48.3 Å². The van der Waals surface area contributed by atoms with E-state index in [0.717, 1.165) is 25.3 Å². The summed E-state index contributed by atoms with van der Waals surface area (Å²) < 4.78 is 25.2. The quantitative estimate of drug-likeness (QED) is 0.849. The van der Waals surface area contributed by atoms with Crippen molar-refractivity contribution in [1.82, 2.24) is 20.0 Å². The van der Waals surface area contributed by atoms with Gasteiger partial charge in [-0.25, -0.2) is 8.78 Å². The number of hydrogen-bond acceptors (Lipinski definition) is 3. The first kappa shape index (κ1) is 17.6. The SMILES string of the molecule is O=C(c1cc(C(F)F)[nH]n1)N1CCCN(C(=O)C2CC=CCC2)CC1. The van der Waals surface area contributed by atoms with Gasteiger partial charge in [-0.05, 0) is 31.7 Å². The Morgan fingerprint density at radius 2 is 1.92 bits per heavy atom. The summed E-state index contributed by atoms with van der Waals surface area (Å²) in [5, 5.41) is 5.88. The van der Waals surface area contributed by atoms with Gasteiger partial charge in [-0.3, -0.25) is 14.7 Å².